The molecule has 0 amide bonds. The number of esters is 1. The molecule has 30 heavy (non-hydrogen) atoms. The number of rotatable bonds is 5. The Morgan fingerprint density at radius 3 is 2.97 bits per heavy atom. The van der Waals surface area contributed by atoms with Crippen molar-refractivity contribution in [3.63, 3.8) is 0 Å². The Morgan fingerprint density at radius 2 is 2.13 bits per heavy atom. The molecule has 0 spiro atoms. The van der Waals surface area contributed by atoms with E-state index in [0.29, 0.717) is 23.8 Å². The summed E-state index contributed by atoms with van der Waals surface area (Å²) in [5, 5.41) is 3.82. The highest BCUT2D eigenvalue weighted by Crippen LogP contribution is 2.56. The molecule has 1 saturated heterocycles. The van der Waals surface area contributed by atoms with E-state index in [4.69, 9.17) is 9.15 Å². The first-order valence-corrected chi connectivity index (χ1v) is 12.2. The monoisotopic (exact) mass is 411 g/mol. The van der Waals surface area contributed by atoms with Gasteiger partial charge in [0.1, 0.15) is 11.9 Å². The number of furan rings is 1. The fraction of sp³-hybridized carbons (Fsp3) is 0.731. The smallest absolute Gasteiger partial charge is 0.310 e. The molecule has 1 aliphatic heterocycles. The summed E-state index contributed by atoms with van der Waals surface area (Å²) < 4.78 is 11.6. The third-order valence-electron chi connectivity index (χ3n) is 8.87. The molecule has 0 bridgehead atoms. The van der Waals surface area contributed by atoms with Crippen LogP contribution in [0.4, 0.5) is 0 Å². The molecule has 1 N–H and O–H groups in total. The van der Waals surface area contributed by atoms with Gasteiger partial charge in [0.15, 0.2) is 0 Å². The molecule has 1 aromatic heterocycles. The summed E-state index contributed by atoms with van der Waals surface area (Å²) in [6.45, 7) is 7.58. The molecule has 3 saturated carbocycles. The molecule has 0 aromatic carbocycles. The fourth-order valence-electron chi connectivity index (χ4n) is 7.18. The highest BCUT2D eigenvalue weighted by molar-refractivity contribution is 5.75. The zero-order chi connectivity index (χ0) is 20.7. The number of ether oxygens (including phenoxy) is 1. The highest BCUT2D eigenvalue weighted by atomic mass is 16.6. The van der Waals surface area contributed by atoms with E-state index in [0.717, 1.165) is 38.0 Å². The van der Waals surface area contributed by atoms with Crippen LogP contribution in [-0.2, 0) is 16.0 Å². The number of fused-ring (bicyclic) bond motifs is 2. The lowest BCUT2D eigenvalue weighted by atomic mass is 9.55. The Kier molecular flexibility index (Phi) is 5.55. The van der Waals surface area contributed by atoms with Gasteiger partial charge in [-0.1, -0.05) is 31.9 Å². The molecule has 0 radical (unpaired) electrons. The van der Waals surface area contributed by atoms with Crippen LogP contribution in [0.25, 0.3) is 0 Å². The molecular weight excluding hydrogens is 374 g/mol. The van der Waals surface area contributed by atoms with Crippen LogP contribution in [0.2, 0.25) is 0 Å². The maximum Gasteiger partial charge on any atom is 0.310 e. The number of nitrogens with one attached hydrogen (secondary N) is 1. The van der Waals surface area contributed by atoms with Crippen LogP contribution in [0.5, 0.6) is 0 Å². The van der Waals surface area contributed by atoms with Crippen molar-refractivity contribution in [3.05, 3.63) is 36.3 Å². The number of allylic oxidation sites excluding steroid dienone is 1. The number of carbonyl (C=O) groups excluding carboxylic acids is 1. The number of carbonyl (C=O) groups is 1. The van der Waals surface area contributed by atoms with Gasteiger partial charge >= 0.3 is 5.97 Å². The first-order chi connectivity index (χ1) is 14.5. The summed E-state index contributed by atoms with van der Waals surface area (Å²) in [6, 6.07) is 4.53. The summed E-state index contributed by atoms with van der Waals surface area (Å²) >= 11 is 0. The van der Waals surface area contributed by atoms with Gasteiger partial charge in [-0.3, -0.25) is 4.79 Å². The van der Waals surface area contributed by atoms with Crippen LogP contribution in [-0.4, -0.2) is 24.7 Å². The Bertz CT molecular complexity index is 771. The molecule has 4 aliphatic rings. The van der Waals surface area contributed by atoms with E-state index in [1.807, 2.05) is 6.07 Å². The van der Waals surface area contributed by atoms with Gasteiger partial charge in [-0.2, -0.15) is 0 Å². The fourth-order valence-corrected chi connectivity index (χ4v) is 7.18. The van der Waals surface area contributed by atoms with Crippen molar-refractivity contribution in [2.24, 2.45) is 29.1 Å². The van der Waals surface area contributed by atoms with E-state index < -0.39 is 0 Å². The van der Waals surface area contributed by atoms with Gasteiger partial charge in [0.05, 0.1) is 12.2 Å². The summed E-state index contributed by atoms with van der Waals surface area (Å²) in [5.74, 6) is 2.61. The Morgan fingerprint density at radius 1 is 1.27 bits per heavy atom. The molecule has 4 nitrogen and oxygen atoms in total. The van der Waals surface area contributed by atoms with Crippen LogP contribution in [0, 0.1) is 29.1 Å². The first-order valence-electron chi connectivity index (χ1n) is 12.2. The quantitative estimate of drug-likeness (QED) is 0.529. The average molecular weight is 412 g/mol. The Labute approximate surface area is 180 Å². The molecule has 0 unspecified atom stereocenters. The predicted octanol–water partition coefficient (Wildman–Crippen LogP) is 5.28. The van der Waals surface area contributed by atoms with Gasteiger partial charge in [0.2, 0.25) is 0 Å². The second-order valence-electron chi connectivity index (χ2n) is 10.7. The van der Waals surface area contributed by atoms with Crippen molar-refractivity contribution in [2.75, 3.05) is 6.54 Å². The van der Waals surface area contributed by atoms with Gasteiger partial charge in [-0.25, -0.2) is 0 Å². The predicted molar refractivity (Wildman–Crippen MR) is 117 cm³/mol. The lowest BCUT2D eigenvalue weighted by Gasteiger charge is -2.50. The van der Waals surface area contributed by atoms with Crippen molar-refractivity contribution in [3.8, 4) is 0 Å². The van der Waals surface area contributed by atoms with Crippen molar-refractivity contribution in [1.29, 1.82) is 0 Å². The Hall–Kier alpha value is -1.55. The van der Waals surface area contributed by atoms with E-state index in [-0.39, 0.29) is 23.4 Å². The first kappa shape index (κ1) is 20.4. The summed E-state index contributed by atoms with van der Waals surface area (Å²) in [4.78, 5) is 12.8. The maximum absolute atomic E-state index is 12.8. The maximum atomic E-state index is 12.8. The molecule has 3 aliphatic carbocycles. The third kappa shape index (κ3) is 3.77. The molecule has 7 atom stereocenters. The van der Waals surface area contributed by atoms with Crippen LogP contribution in [0.1, 0.15) is 70.5 Å². The largest absolute Gasteiger partial charge is 0.469 e. The molecule has 4 fully saturated rings. The Balaban J connectivity index is 1.24. The SMILES string of the molecule is C=C1CCC[C@@]2(C)C[C@H]3OC(=O)[C@@H](CN[C@H]4CCCC[C@@H]4Cc4ccco4)[C@@H]3C[C@@H]12. The van der Waals surface area contributed by atoms with E-state index in [2.05, 4.69) is 24.9 Å². The standard InChI is InChI=1S/C26H37NO3/c1-17-7-5-11-26(2)15-24-20(14-22(17)26)21(25(28)30-24)16-27-23-10-4-3-8-18(23)13-19-9-6-12-29-19/h6,9,12,18,20-24,27H,1,3-5,7-8,10-11,13-16H2,2H3/t18-,20+,21+,22+,23+,24-,26+/m1/s1. The topological polar surface area (TPSA) is 51.5 Å². The van der Waals surface area contributed by atoms with E-state index >= 15 is 0 Å². The van der Waals surface area contributed by atoms with Crippen LogP contribution < -0.4 is 5.32 Å². The van der Waals surface area contributed by atoms with Crippen molar-refractivity contribution < 1.29 is 13.9 Å². The summed E-state index contributed by atoms with van der Waals surface area (Å²) in [5.41, 5.74) is 1.69. The molecular formula is C26H37NO3. The van der Waals surface area contributed by atoms with Gasteiger partial charge in [-0.15, -0.1) is 0 Å². The van der Waals surface area contributed by atoms with E-state index in [1.54, 1.807) is 6.26 Å². The molecule has 5 rings (SSSR count). The second kappa shape index (κ2) is 8.18. The minimum Gasteiger partial charge on any atom is -0.469 e. The van der Waals surface area contributed by atoms with Gasteiger partial charge < -0.3 is 14.5 Å². The minimum atomic E-state index is 0.000431. The zero-order valence-corrected chi connectivity index (χ0v) is 18.4. The highest BCUT2D eigenvalue weighted by Gasteiger charge is 2.55. The molecule has 164 valence electrons. The molecule has 2 heterocycles. The summed E-state index contributed by atoms with van der Waals surface area (Å²) in [7, 11) is 0. The second-order valence-corrected chi connectivity index (χ2v) is 10.7. The van der Waals surface area contributed by atoms with E-state index in [9.17, 15) is 4.79 Å². The average Bonchev–Trinajstić information content (AvgIpc) is 3.33. The molecule has 1 aromatic rings. The minimum absolute atomic E-state index is 0.000431. The zero-order valence-electron chi connectivity index (χ0n) is 18.4. The van der Waals surface area contributed by atoms with Crippen molar-refractivity contribution in [1.82, 2.24) is 5.32 Å². The number of hydrogen-bond donors (Lipinski definition) is 1. The normalized spacial score (nSPS) is 41.2. The van der Waals surface area contributed by atoms with Crippen LogP contribution in [0.3, 0.4) is 0 Å². The van der Waals surface area contributed by atoms with Crippen molar-refractivity contribution >= 4 is 5.97 Å². The third-order valence-corrected chi connectivity index (χ3v) is 8.87. The summed E-state index contributed by atoms with van der Waals surface area (Å²) in [6.07, 6.45) is 13.6. The van der Waals surface area contributed by atoms with E-state index in [1.165, 1.54) is 44.1 Å². The van der Waals surface area contributed by atoms with Crippen LogP contribution >= 0.6 is 0 Å². The molecule has 4 heteroatoms. The van der Waals surface area contributed by atoms with Crippen molar-refractivity contribution in [2.45, 2.75) is 83.3 Å². The lowest BCUT2D eigenvalue weighted by molar-refractivity contribution is -0.146. The number of hydrogen-bond acceptors (Lipinski definition) is 4. The van der Waals surface area contributed by atoms with Gasteiger partial charge in [0.25, 0.3) is 0 Å². The van der Waals surface area contributed by atoms with Gasteiger partial charge in [-0.05, 0) is 74.3 Å². The van der Waals surface area contributed by atoms with Gasteiger partial charge in [0, 0.05) is 24.9 Å². The lowest BCUT2D eigenvalue weighted by Crippen LogP contribution is -2.47. The van der Waals surface area contributed by atoms with Crippen LogP contribution in [0.15, 0.2) is 35.0 Å².